The van der Waals surface area contributed by atoms with Crippen LogP contribution in [0.5, 0.6) is 0 Å². The van der Waals surface area contributed by atoms with Gasteiger partial charge in [0.05, 0.1) is 6.61 Å². The number of carbonyl (C=O) groups is 2. The highest BCUT2D eigenvalue weighted by molar-refractivity contribution is 7.99. The van der Waals surface area contributed by atoms with E-state index in [0.717, 1.165) is 25.3 Å². The molecule has 0 bridgehead atoms. The van der Waals surface area contributed by atoms with Crippen LogP contribution in [0.25, 0.3) is 0 Å². The molecule has 1 atom stereocenters. The summed E-state index contributed by atoms with van der Waals surface area (Å²) in [7, 11) is 0. The van der Waals surface area contributed by atoms with Crippen LogP contribution < -0.4 is 0 Å². The van der Waals surface area contributed by atoms with E-state index in [-0.39, 0.29) is 12.6 Å². The Bertz CT molecular complexity index is 382. The topological polar surface area (TPSA) is 84.3 Å². The van der Waals surface area contributed by atoms with Crippen molar-refractivity contribution >= 4 is 23.8 Å². The number of aliphatic carboxylic acids is 1. The van der Waals surface area contributed by atoms with Crippen LogP contribution in [0, 0.1) is 0 Å². The van der Waals surface area contributed by atoms with Crippen LogP contribution in [0.3, 0.4) is 0 Å². The third-order valence-electron chi connectivity index (χ3n) is 3.93. The smallest absolute Gasteiger partial charge is 0.327 e. The summed E-state index contributed by atoms with van der Waals surface area (Å²) in [6.07, 6.45) is 0.853. The minimum absolute atomic E-state index is 0.123. The maximum Gasteiger partial charge on any atom is 0.327 e. The fraction of sp³-hybridized carbons (Fsp3) is 0.846. The fourth-order valence-electron chi connectivity index (χ4n) is 2.75. The second-order valence-electron chi connectivity index (χ2n) is 5.31. The Balaban J connectivity index is 1.96. The normalized spacial score (nSPS) is 24.7. The van der Waals surface area contributed by atoms with Crippen molar-refractivity contribution in [1.82, 2.24) is 14.7 Å². The molecule has 1 unspecified atom stereocenters. The van der Waals surface area contributed by atoms with Crippen LogP contribution in [0.1, 0.15) is 6.42 Å². The first kappa shape index (κ1) is 16.4. The summed E-state index contributed by atoms with van der Waals surface area (Å²) in [4.78, 5) is 29.3. The lowest BCUT2D eigenvalue weighted by molar-refractivity contribution is -0.141. The zero-order valence-electron chi connectivity index (χ0n) is 12.1. The lowest BCUT2D eigenvalue weighted by Gasteiger charge is -2.36. The van der Waals surface area contributed by atoms with Gasteiger partial charge in [-0.25, -0.2) is 9.59 Å². The van der Waals surface area contributed by atoms with Crippen LogP contribution in [0.2, 0.25) is 0 Å². The van der Waals surface area contributed by atoms with E-state index < -0.39 is 12.0 Å². The third-order valence-corrected chi connectivity index (χ3v) is 4.96. The molecule has 0 spiro atoms. The van der Waals surface area contributed by atoms with Gasteiger partial charge in [0, 0.05) is 44.2 Å². The fourth-order valence-corrected chi connectivity index (χ4v) is 3.78. The molecule has 0 aromatic heterocycles. The van der Waals surface area contributed by atoms with Crippen LogP contribution in [-0.2, 0) is 4.79 Å². The molecule has 2 amide bonds. The van der Waals surface area contributed by atoms with Crippen molar-refractivity contribution in [3.05, 3.63) is 0 Å². The predicted molar refractivity (Wildman–Crippen MR) is 80.6 cm³/mol. The first-order chi connectivity index (χ1) is 10.1. The van der Waals surface area contributed by atoms with Gasteiger partial charge in [-0.15, -0.1) is 0 Å². The maximum absolute atomic E-state index is 12.6. The summed E-state index contributed by atoms with van der Waals surface area (Å²) in [6.45, 7) is 4.08. The number of urea groups is 1. The first-order valence-electron chi connectivity index (χ1n) is 7.33. The van der Waals surface area contributed by atoms with Gasteiger partial charge in [0.15, 0.2) is 0 Å². The molecule has 2 N–H and O–H groups in total. The van der Waals surface area contributed by atoms with Gasteiger partial charge in [0.25, 0.3) is 0 Å². The predicted octanol–water partition coefficient (Wildman–Crippen LogP) is -0.392. The Morgan fingerprint density at radius 2 is 1.95 bits per heavy atom. The molecule has 8 heteroatoms. The van der Waals surface area contributed by atoms with E-state index in [9.17, 15) is 14.7 Å². The lowest BCUT2D eigenvalue weighted by Crippen LogP contribution is -2.55. The second kappa shape index (κ2) is 7.86. The van der Waals surface area contributed by atoms with E-state index in [0.29, 0.717) is 31.9 Å². The molecule has 0 aromatic carbocycles. The Morgan fingerprint density at radius 3 is 2.67 bits per heavy atom. The number of carboxylic acids is 1. The van der Waals surface area contributed by atoms with Gasteiger partial charge in [-0.05, 0) is 13.0 Å². The van der Waals surface area contributed by atoms with Gasteiger partial charge >= 0.3 is 12.0 Å². The van der Waals surface area contributed by atoms with Crippen molar-refractivity contribution < 1.29 is 19.8 Å². The molecule has 0 aliphatic carbocycles. The van der Waals surface area contributed by atoms with Crippen molar-refractivity contribution in [3.8, 4) is 0 Å². The molecule has 2 saturated heterocycles. The van der Waals surface area contributed by atoms with Crippen molar-refractivity contribution in [1.29, 1.82) is 0 Å². The van der Waals surface area contributed by atoms with Gasteiger partial charge in [-0.1, -0.05) is 0 Å². The minimum atomic E-state index is -0.924. The summed E-state index contributed by atoms with van der Waals surface area (Å²) >= 11 is 1.58. The van der Waals surface area contributed by atoms with Crippen molar-refractivity contribution in [3.63, 3.8) is 0 Å². The highest BCUT2D eigenvalue weighted by Crippen LogP contribution is 2.19. The van der Waals surface area contributed by atoms with Gasteiger partial charge in [-0.3, -0.25) is 4.90 Å². The number of hydrogen-bond donors (Lipinski definition) is 2. The molecule has 2 aliphatic rings. The van der Waals surface area contributed by atoms with E-state index in [4.69, 9.17) is 5.11 Å². The van der Waals surface area contributed by atoms with Gasteiger partial charge in [0.1, 0.15) is 6.04 Å². The number of aliphatic hydroxyl groups excluding tert-OH is 1. The molecule has 2 rings (SSSR count). The summed E-state index contributed by atoms with van der Waals surface area (Å²) in [5.74, 6) is 0.332. The van der Waals surface area contributed by atoms with E-state index in [1.165, 1.54) is 4.90 Å². The van der Waals surface area contributed by atoms with Crippen LogP contribution in [0.15, 0.2) is 0 Å². The Labute approximate surface area is 128 Å². The van der Waals surface area contributed by atoms with Crippen LogP contribution >= 0.6 is 11.8 Å². The number of thioether (sulfide) groups is 1. The molecule has 0 radical (unpaired) electrons. The summed E-state index contributed by atoms with van der Waals surface area (Å²) in [5, 5.41) is 18.2. The molecule has 7 nitrogen and oxygen atoms in total. The average Bonchev–Trinajstić information content (AvgIpc) is 2.72. The molecular formula is C13H23N3O4S. The number of amides is 2. The van der Waals surface area contributed by atoms with E-state index in [1.807, 2.05) is 0 Å². The standard InChI is InChI=1S/C13H23N3O4S/c17-8-6-14-2-1-3-15(5-4-14)13(20)16-7-9-21-10-11(16)12(18)19/h11,17H,1-10H2,(H,18,19). The van der Waals surface area contributed by atoms with Gasteiger partial charge in [-0.2, -0.15) is 11.8 Å². The zero-order valence-corrected chi connectivity index (χ0v) is 12.9. The molecule has 2 fully saturated rings. The number of nitrogens with zero attached hydrogens (tertiary/aromatic N) is 3. The number of carbonyl (C=O) groups excluding carboxylic acids is 1. The Morgan fingerprint density at radius 1 is 1.14 bits per heavy atom. The second-order valence-corrected chi connectivity index (χ2v) is 6.46. The van der Waals surface area contributed by atoms with E-state index in [1.54, 1.807) is 16.7 Å². The highest BCUT2D eigenvalue weighted by atomic mass is 32.2. The summed E-state index contributed by atoms with van der Waals surface area (Å²) in [6, 6.07) is -0.874. The Hall–Kier alpha value is -0.990. The van der Waals surface area contributed by atoms with E-state index in [2.05, 4.69) is 4.90 Å². The molecule has 21 heavy (non-hydrogen) atoms. The molecule has 2 aliphatic heterocycles. The van der Waals surface area contributed by atoms with Crippen molar-refractivity contribution in [2.75, 3.05) is 57.4 Å². The number of rotatable bonds is 3. The van der Waals surface area contributed by atoms with Gasteiger partial charge < -0.3 is 20.0 Å². The first-order valence-corrected chi connectivity index (χ1v) is 8.48. The monoisotopic (exact) mass is 317 g/mol. The summed E-state index contributed by atoms with van der Waals surface area (Å²) < 4.78 is 0. The minimum Gasteiger partial charge on any atom is -0.480 e. The summed E-state index contributed by atoms with van der Waals surface area (Å²) in [5.41, 5.74) is 0. The number of hydrogen-bond acceptors (Lipinski definition) is 5. The number of aliphatic hydroxyl groups is 1. The maximum atomic E-state index is 12.6. The molecule has 0 aromatic rings. The number of carboxylic acid groups (broad SMARTS) is 1. The average molecular weight is 317 g/mol. The highest BCUT2D eigenvalue weighted by Gasteiger charge is 2.35. The quantitative estimate of drug-likeness (QED) is 0.737. The Kier molecular flexibility index (Phi) is 6.13. The van der Waals surface area contributed by atoms with E-state index >= 15 is 0 Å². The third kappa shape index (κ3) is 4.24. The molecular weight excluding hydrogens is 294 g/mol. The molecule has 2 heterocycles. The van der Waals surface area contributed by atoms with Crippen molar-refractivity contribution in [2.24, 2.45) is 0 Å². The largest absolute Gasteiger partial charge is 0.480 e. The van der Waals surface area contributed by atoms with Crippen LogP contribution in [0.4, 0.5) is 4.79 Å². The molecule has 0 saturated carbocycles. The zero-order chi connectivity index (χ0) is 15.2. The molecule has 120 valence electrons. The van der Waals surface area contributed by atoms with Crippen molar-refractivity contribution in [2.45, 2.75) is 12.5 Å². The van der Waals surface area contributed by atoms with Crippen LogP contribution in [-0.4, -0.2) is 100 Å². The lowest BCUT2D eigenvalue weighted by atomic mass is 10.3. The SMILES string of the molecule is O=C(O)C1CSCCN1C(=O)N1CCCN(CCO)CC1. The van der Waals surface area contributed by atoms with Gasteiger partial charge in [0.2, 0.25) is 0 Å². The number of β-amino-alcohol motifs (C(OH)–C–C–N with tert-alkyl or cyclic N) is 1.